The molecule has 5 nitrogen and oxygen atoms in total. The molecule has 1 aromatic rings. The average molecular weight is 273 g/mol. The number of carbonyl (C=O) groups is 2. The zero-order chi connectivity index (χ0) is 13.9. The maximum absolute atomic E-state index is 12.3. The summed E-state index contributed by atoms with van der Waals surface area (Å²) < 4.78 is 1.60. The van der Waals surface area contributed by atoms with Crippen LogP contribution in [0.3, 0.4) is 0 Å². The third kappa shape index (κ3) is 3.26. The average Bonchev–Trinajstić information content (AvgIpc) is 2.63. The molecule has 0 bridgehead atoms. The molecule has 0 radical (unpaired) electrons. The van der Waals surface area contributed by atoms with Crippen LogP contribution in [0, 0.1) is 0 Å². The number of carboxylic acid groups (broad SMARTS) is 1. The minimum atomic E-state index is -1.02. The van der Waals surface area contributed by atoms with E-state index in [2.05, 4.69) is 0 Å². The van der Waals surface area contributed by atoms with Gasteiger partial charge >= 0.3 is 5.97 Å². The molecular weight excluding hydrogens is 256 g/mol. The van der Waals surface area contributed by atoms with E-state index in [4.69, 9.17) is 16.7 Å². The lowest BCUT2D eigenvalue weighted by atomic mass is 10.2. The number of rotatable bonds is 5. The van der Waals surface area contributed by atoms with Gasteiger partial charge in [0.15, 0.2) is 0 Å². The molecule has 0 aliphatic heterocycles. The van der Waals surface area contributed by atoms with Gasteiger partial charge in [-0.05, 0) is 19.4 Å². The highest BCUT2D eigenvalue weighted by Gasteiger charge is 2.24. The molecule has 0 aromatic carbocycles. The second-order valence-corrected chi connectivity index (χ2v) is 4.67. The smallest absolute Gasteiger partial charge is 0.323 e. The highest BCUT2D eigenvalue weighted by molar-refractivity contribution is 6.31. The van der Waals surface area contributed by atoms with Gasteiger partial charge in [-0.2, -0.15) is 0 Å². The molecule has 1 aromatic heterocycles. The molecule has 0 saturated heterocycles. The van der Waals surface area contributed by atoms with Crippen LogP contribution in [0.5, 0.6) is 0 Å². The lowest BCUT2D eigenvalue weighted by Gasteiger charge is -2.27. The van der Waals surface area contributed by atoms with Gasteiger partial charge in [0.05, 0.1) is 5.02 Å². The van der Waals surface area contributed by atoms with Crippen molar-refractivity contribution in [3.05, 3.63) is 23.0 Å². The number of aliphatic carboxylic acids is 1. The van der Waals surface area contributed by atoms with Crippen LogP contribution >= 0.6 is 11.6 Å². The number of hydrogen-bond donors (Lipinski definition) is 1. The summed E-state index contributed by atoms with van der Waals surface area (Å²) >= 11 is 5.83. The van der Waals surface area contributed by atoms with E-state index >= 15 is 0 Å². The van der Waals surface area contributed by atoms with Crippen LogP contribution < -0.4 is 0 Å². The van der Waals surface area contributed by atoms with Crippen LogP contribution in [0.15, 0.2) is 12.3 Å². The molecule has 1 rings (SSSR count). The molecule has 1 unspecified atom stereocenters. The molecule has 0 aliphatic carbocycles. The molecule has 0 saturated carbocycles. The summed E-state index contributed by atoms with van der Waals surface area (Å²) in [6.45, 7) is 3.42. The largest absolute Gasteiger partial charge is 0.480 e. The van der Waals surface area contributed by atoms with Gasteiger partial charge in [-0.25, -0.2) is 0 Å². The second-order valence-electron chi connectivity index (χ2n) is 4.24. The first-order valence-electron chi connectivity index (χ1n) is 5.71. The summed E-state index contributed by atoms with van der Waals surface area (Å²) in [7, 11) is 1.70. The van der Waals surface area contributed by atoms with Crippen LogP contribution in [-0.4, -0.2) is 39.0 Å². The topological polar surface area (TPSA) is 62.5 Å². The molecule has 6 heteroatoms. The van der Waals surface area contributed by atoms with Crippen LogP contribution in [0.1, 0.15) is 30.8 Å². The van der Waals surface area contributed by atoms with Crippen LogP contribution in [0.25, 0.3) is 0 Å². The molecule has 1 heterocycles. The highest BCUT2D eigenvalue weighted by Crippen LogP contribution is 2.16. The zero-order valence-electron chi connectivity index (χ0n) is 10.7. The van der Waals surface area contributed by atoms with E-state index in [1.165, 1.54) is 4.90 Å². The Kier molecular flexibility index (Phi) is 4.78. The number of carboxylic acids is 1. The first kappa shape index (κ1) is 14.6. The molecular formula is C12H17ClN2O3. The van der Waals surface area contributed by atoms with Crippen molar-refractivity contribution < 1.29 is 14.7 Å². The van der Waals surface area contributed by atoms with Gasteiger partial charge in [-0.3, -0.25) is 9.59 Å². The third-order valence-corrected chi connectivity index (χ3v) is 3.09. The van der Waals surface area contributed by atoms with Crippen molar-refractivity contribution in [3.63, 3.8) is 0 Å². The monoisotopic (exact) mass is 272 g/mol. The van der Waals surface area contributed by atoms with Gasteiger partial charge in [0, 0.05) is 19.3 Å². The van der Waals surface area contributed by atoms with E-state index < -0.39 is 5.97 Å². The summed E-state index contributed by atoms with van der Waals surface area (Å²) in [6, 6.07) is 1.41. The van der Waals surface area contributed by atoms with Crippen LogP contribution in [-0.2, 0) is 11.8 Å². The third-order valence-electron chi connectivity index (χ3n) is 2.88. The first-order valence-corrected chi connectivity index (χ1v) is 6.09. The van der Waals surface area contributed by atoms with E-state index in [0.29, 0.717) is 17.1 Å². The van der Waals surface area contributed by atoms with Gasteiger partial charge in [-0.1, -0.05) is 18.5 Å². The van der Waals surface area contributed by atoms with Gasteiger partial charge in [-0.15, -0.1) is 0 Å². The maximum Gasteiger partial charge on any atom is 0.323 e. The fraction of sp³-hybridized carbons (Fsp3) is 0.500. The molecule has 0 spiro atoms. The summed E-state index contributed by atoms with van der Waals surface area (Å²) in [6.07, 6.45) is 2.31. The lowest BCUT2D eigenvalue weighted by Crippen LogP contribution is -2.42. The Labute approximate surface area is 111 Å². The number of aromatic nitrogens is 1. The maximum atomic E-state index is 12.3. The number of amides is 1. The van der Waals surface area contributed by atoms with Crippen LogP contribution in [0.2, 0.25) is 5.02 Å². The van der Waals surface area contributed by atoms with E-state index in [1.807, 2.05) is 13.8 Å². The summed E-state index contributed by atoms with van der Waals surface area (Å²) in [4.78, 5) is 24.5. The summed E-state index contributed by atoms with van der Waals surface area (Å²) in [5, 5.41) is 9.33. The number of halogens is 1. The number of nitrogens with zero attached hydrogens (tertiary/aromatic N) is 2. The van der Waals surface area contributed by atoms with Crippen molar-refractivity contribution in [1.29, 1.82) is 0 Å². The predicted octanol–water partition coefficient (Wildman–Crippen LogP) is 2.00. The standard InChI is InChI=1S/C12H17ClN2O3/c1-4-8(2)15(7-11(16)17)12(18)10-5-9(13)6-14(10)3/h5-6,8H,4,7H2,1-3H3,(H,16,17). The van der Waals surface area contributed by atoms with E-state index in [9.17, 15) is 9.59 Å². The van der Waals surface area contributed by atoms with Crippen molar-refractivity contribution in [2.45, 2.75) is 26.3 Å². The van der Waals surface area contributed by atoms with E-state index in [1.54, 1.807) is 23.9 Å². The quantitative estimate of drug-likeness (QED) is 0.892. The number of hydrogen-bond acceptors (Lipinski definition) is 2. The van der Waals surface area contributed by atoms with Crippen molar-refractivity contribution in [2.24, 2.45) is 7.05 Å². The SMILES string of the molecule is CCC(C)N(CC(=O)O)C(=O)c1cc(Cl)cn1C. The Balaban J connectivity index is 3.02. The molecule has 1 amide bonds. The summed E-state index contributed by atoms with van der Waals surface area (Å²) in [5.74, 6) is -1.34. The normalized spacial score (nSPS) is 12.2. The Bertz CT molecular complexity index is 456. The Hall–Kier alpha value is -1.49. The fourth-order valence-corrected chi connectivity index (χ4v) is 1.93. The minimum absolute atomic E-state index is 0.137. The first-order chi connectivity index (χ1) is 8.36. The molecule has 18 heavy (non-hydrogen) atoms. The van der Waals surface area contributed by atoms with Crippen molar-refractivity contribution in [3.8, 4) is 0 Å². The molecule has 1 N–H and O–H groups in total. The Morgan fingerprint density at radius 2 is 2.17 bits per heavy atom. The van der Waals surface area contributed by atoms with Gasteiger partial charge in [0.25, 0.3) is 5.91 Å². The molecule has 0 aliphatic rings. The molecule has 1 atom stereocenters. The van der Waals surface area contributed by atoms with Gasteiger partial charge < -0.3 is 14.6 Å². The zero-order valence-corrected chi connectivity index (χ0v) is 11.4. The Morgan fingerprint density at radius 1 is 1.56 bits per heavy atom. The fourth-order valence-electron chi connectivity index (χ4n) is 1.68. The van der Waals surface area contributed by atoms with Crippen molar-refractivity contribution >= 4 is 23.5 Å². The van der Waals surface area contributed by atoms with Crippen LogP contribution in [0.4, 0.5) is 0 Å². The van der Waals surface area contributed by atoms with E-state index in [-0.39, 0.29) is 18.5 Å². The van der Waals surface area contributed by atoms with E-state index in [0.717, 1.165) is 0 Å². The van der Waals surface area contributed by atoms with Crippen molar-refractivity contribution in [1.82, 2.24) is 9.47 Å². The lowest BCUT2D eigenvalue weighted by molar-refractivity contribution is -0.138. The second kappa shape index (κ2) is 5.91. The van der Waals surface area contributed by atoms with Gasteiger partial charge in [0.1, 0.15) is 12.2 Å². The number of aryl methyl sites for hydroxylation is 1. The number of carbonyl (C=O) groups excluding carboxylic acids is 1. The minimum Gasteiger partial charge on any atom is -0.480 e. The highest BCUT2D eigenvalue weighted by atomic mass is 35.5. The molecule has 0 fully saturated rings. The Morgan fingerprint density at radius 3 is 2.56 bits per heavy atom. The predicted molar refractivity (Wildman–Crippen MR) is 68.8 cm³/mol. The van der Waals surface area contributed by atoms with Crippen molar-refractivity contribution in [2.75, 3.05) is 6.54 Å². The molecule has 100 valence electrons. The summed E-state index contributed by atoms with van der Waals surface area (Å²) in [5.41, 5.74) is 0.390. The van der Waals surface area contributed by atoms with Gasteiger partial charge in [0.2, 0.25) is 0 Å².